The largest absolute Gasteiger partial charge is 0.491 e. The van der Waals surface area contributed by atoms with Gasteiger partial charge in [-0.3, -0.25) is 9.36 Å². The number of anilines is 1. The van der Waals surface area contributed by atoms with E-state index in [-0.39, 0.29) is 18.2 Å². The predicted molar refractivity (Wildman–Crippen MR) is 110 cm³/mol. The Kier molecular flexibility index (Phi) is 5.32. The molecule has 0 spiro atoms. The molecule has 1 unspecified atom stereocenters. The van der Waals surface area contributed by atoms with E-state index in [0.29, 0.717) is 16.8 Å². The molecule has 1 fully saturated rings. The van der Waals surface area contributed by atoms with Crippen LogP contribution in [0.2, 0.25) is 0 Å². The molecule has 2 atom stereocenters. The summed E-state index contributed by atoms with van der Waals surface area (Å²) in [7, 11) is 1.73. The molecule has 3 aromatic rings. The molecule has 28 heavy (non-hydrogen) atoms. The number of benzene rings is 1. The number of rotatable bonds is 6. The minimum atomic E-state index is -0.642. The van der Waals surface area contributed by atoms with Crippen molar-refractivity contribution in [1.29, 1.82) is 0 Å². The molecule has 1 aromatic carbocycles. The van der Waals surface area contributed by atoms with Crippen LogP contribution in [-0.2, 0) is 13.5 Å². The number of fused-ring (bicyclic) bond motifs is 1. The van der Waals surface area contributed by atoms with E-state index in [2.05, 4.69) is 14.9 Å². The molecule has 7 nitrogen and oxygen atoms in total. The lowest BCUT2D eigenvalue weighted by Crippen LogP contribution is -2.42. The van der Waals surface area contributed by atoms with Gasteiger partial charge in [-0.1, -0.05) is 36.5 Å². The van der Waals surface area contributed by atoms with E-state index in [1.54, 1.807) is 11.6 Å². The summed E-state index contributed by atoms with van der Waals surface area (Å²) in [5.41, 5.74) is 0.286. The molecule has 0 bridgehead atoms. The van der Waals surface area contributed by atoms with Crippen molar-refractivity contribution in [2.75, 3.05) is 18.1 Å². The molecule has 3 heterocycles. The zero-order valence-corrected chi connectivity index (χ0v) is 16.9. The summed E-state index contributed by atoms with van der Waals surface area (Å²) >= 11 is 1.42. The van der Waals surface area contributed by atoms with E-state index in [0.717, 1.165) is 36.1 Å². The van der Waals surface area contributed by atoms with Crippen LogP contribution in [0.25, 0.3) is 10.3 Å². The van der Waals surface area contributed by atoms with Crippen LogP contribution in [0.5, 0.6) is 5.75 Å². The number of nitrogens with zero attached hydrogens (tertiary/aromatic N) is 4. The maximum absolute atomic E-state index is 12.6. The van der Waals surface area contributed by atoms with Crippen LogP contribution in [0.3, 0.4) is 0 Å². The Labute approximate surface area is 167 Å². The van der Waals surface area contributed by atoms with Gasteiger partial charge in [0, 0.05) is 20.0 Å². The third-order valence-electron chi connectivity index (χ3n) is 5.19. The van der Waals surface area contributed by atoms with E-state index in [1.807, 2.05) is 37.3 Å². The highest BCUT2D eigenvalue weighted by Gasteiger charge is 2.33. The van der Waals surface area contributed by atoms with E-state index in [9.17, 15) is 9.90 Å². The van der Waals surface area contributed by atoms with Gasteiger partial charge in [-0.25, -0.2) is 9.97 Å². The van der Waals surface area contributed by atoms with Crippen LogP contribution in [0, 0.1) is 0 Å². The first-order valence-corrected chi connectivity index (χ1v) is 10.4. The summed E-state index contributed by atoms with van der Waals surface area (Å²) in [6.07, 6.45) is 1.88. The molecule has 4 rings (SSSR count). The van der Waals surface area contributed by atoms with E-state index in [1.165, 1.54) is 11.3 Å². The molecule has 0 amide bonds. The fourth-order valence-electron chi connectivity index (χ4n) is 3.66. The van der Waals surface area contributed by atoms with Crippen molar-refractivity contribution in [2.24, 2.45) is 7.05 Å². The Bertz CT molecular complexity index is 1020. The van der Waals surface area contributed by atoms with Gasteiger partial charge in [-0.05, 0) is 25.0 Å². The summed E-state index contributed by atoms with van der Waals surface area (Å²) in [4.78, 5) is 24.5. The van der Waals surface area contributed by atoms with Gasteiger partial charge < -0.3 is 14.7 Å². The number of aryl methyl sites for hydroxylation is 1. The van der Waals surface area contributed by atoms with Crippen molar-refractivity contribution >= 4 is 26.8 Å². The van der Waals surface area contributed by atoms with Crippen molar-refractivity contribution in [3.05, 3.63) is 46.5 Å². The number of aromatic nitrogens is 3. The maximum Gasteiger partial charge on any atom is 0.280 e. The lowest BCUT2D eigenvalue weighted by atomic mass is 10.1. The van der Waals surface area contributed by atoms with Crippen molar-refractivity contribution in [1.82, 2.24) is 14.5 Å². The molecular weight excluding hydrogens is 376 g/mol. The Balaban J connectivity index is 1.56. The average Bonchev–Trinajstić information content (AvgIpc) is 3.36. The van der Waals surface area contributed by atoms with E-state index >= 15 is 0 Å². The molecule has 1 aliphatic rings. The van der Waals surface area contributed by atoms with Gasteiger partial charge in [0.05, 0.1) is 6.04 Å². The lowest BCUT2D eigenvalue weighted by Gasteiger charge is -2.28. The number of para-hydroxylation sites is 1. The van der Waals surface area contributed by atoms with Crippen LogP contribution < -0.4 is 15.2 Å². The average molecular weight is 401 g/mol. The molecule has 0 radical (unpaired) electrons. The number of aliphatic hydroxyl groups excluding tert-OH is 1. The Morgan fingerprint density at radius 1 is 1.32 bits per heavy atom. The Hall–Kier alpha value is -2.45. The summed E-state index contributed by atoms with van der Waals surface area (Å²) < 4.78 is 7.29. The molecule has 0 aliphatic carbocycles. The fraction of sp³-hybridized carbons (Fsp3) is 0.450. The van der Waals surface area contributed by atoms with Crippen LogP contribution in [0.1, 0.15) is 25.6 Å². The van der Waals surface area contributed by atoms with Crippen molar-refractivity contribution in [3.8, 4) is 5.75 Å². The number of hydrogen-bond donors (Lipinski definition) is 1. The van der Waals surface area contributed by atoms with Gasteiger partial charge in [0.15, 0.2) is 15.5 Å². The maximum atomic E-state index is 12.6. The second-order valence-corrected chi connectivity index (χ2v) is 7.95. The van der Waals surface area contributed by atoms with Crippen LogP contribution >= 0.6 is 11.3 Å². The number of hydrogen-bond acceptors (Lipinski definition) is 7. The highest BCUT2D eigenvalue weighted by atomic mass is 32.1. The second kappa shape index (κ2) is 7.89. The van der Waals surface area contributed by atoms with Crippen LogP contribution in [0.4, 0.5) is 5.13 Å². The third-order valence-corrected chi connectivity index (χ3v) is 6.18. The van der Waals surface area contributed by atoms with Crippen LogP contribution in [-0.4, -0.2) is 44.9 Å². The number of aliphatic hydroxyl groups is 1. The molecule has 1 N–H and O–H groups in total. The monoisotopic (exact) mass is 400 g/mol. The molecule has 2 aromatic heterocycles. The first-order chi connectivity index (χ1) is 13.6. The SMILES string of the molecule is CCc1nc2sc(N3CCC[C@@H]3C(O)COc3ccccc3)nc2c(=O)n1C. The molecule has 148 valence electrons. The van der Waals surface area contributed by atoms with Crippen molar-refractivity contribution < 1.29 is 9.84 Å². The second-order valence-electron chi connectivity index (χ2n) is 6.99. The van der Waals surface area contributed by atoms with Gasteiger partial charge in [-0.15, -0.1) is 0 Å². The quantitative estimate of drug-likeness (QED) is 0.684. The van der Waals surface area contributed by atoms with Gasteiger partial charge in [0.25, 0.3) is 5.56 Å². The summed E-state index contributed by atoms with van der Waals surface area (Å²) in [5.74, 6) is 1.49. The minimum absolute atomic E-state index is 0.0845. The standard InChI is InChI=1S/C20H24N4O3S/c1-3-16-21-18-17(19(26)23(16)2)22-20(28-18)24-11-7-10-14(24)15(25)12-27-13-8-5-4-6-9-13/h4-6,8-9,14-15,25H,3,7,10-12H2,1-2H3/t14-,15?/m1/s1. The first-order valence-electron chi connectivity index (χ1n) is 9.57. The summed E-state index contributed by atoms with van der Waals surface area (Å²) in [6, 6.07) is 9.40. The smallest absolute Gasteiger partial charge is 0.280 e. The van der Waals surface area contributed by atoms with Gasteiger partial charge in [-0.2, -0.15) is 0 Å². The highest BCUT2D eigenvalue weighted by molar-refractivity contribution is 7.21. The molecular formula is C20H24N4O3S. The number of thiazole rings is 1. The summed E-state index contributed by atoms with van der Waals surface area (Å²) in [6.45, 7) is 3.00. The predicted octanol–water partition coefficient (Wildman–Crippen LogP) is 2.36. The molecule has 1 saturated heterocycles. The Morgan fingerprint density at radius 3 is 2.86 bits per heavy atom. The first kappa shape index (κ1) is 18.9. The van der Waals surface area contributed by atoms with E-state index in [4.69, 9.17) is 4.74 Å². The molecule has 1 aliphatic heterocycles. The van der Waals surface area contributed by atoms with Crippen LogP contribution in [0.15, 0.2) is 35.1 Å². The van der Waals surface area contributed by atoms with Crippen molar-refractivity contribution in [3.63, 3.8) is 0 Å². The van der Waals surface area contributed by atoms with Gasteiger partial charge in [0.1, 0.15) is 24.3 Å². The third kappa shape index (κ3) is 3.49. The van der Waals surface area contributed by atoms with Gasteiger partial charge >= 0.3 is 0 Å². The molecule has 8 heteroatoms. The number of ether oxygens (including phenoxy) is 1. The zero-order chi connectivity index (χ0) is 19.7. The zero-order valence-electron chi connectivity index (χ0n) is 16.0. The van der Waals surface area contributed by atoms with Gasteiger partial charge in [0.2, 0.25) is 0 Å². The minimum Gasteiger partial charge on any atom is -0.491 e. The Morgan fingerprint density at radius 2 is 2.11 bits per heavy atom. The normalized spacial score (nSPS) is 18.0. The highest BCUT2D eigenvalue weighted by Crippen LogP contribution is 2.33. The summed E-state index contributed by atoms with van der Waals surface area (Å²) in [5, 5.41) is 11.5. The van der Waals surface area contributed by atoms with Crippen molar-refractivity contribution in [2.45, 2.75) is 38.3 Å². The fourth-order valence-corrected chi connectivity index (χ4v) is 4.70. The lowest BCUT2D eigenvalue weighted by molar-refractivity contribution is 0.0861. The molecule has 0 saturated carbocycles. The topological polar surface area (TPSA) is 80.5 Å². The van der Waals surface area contributed by atoms with E-state index < -0.39 is 6.10 Å².